The van der Waals surface area contributed by atoms with Crippen molar-refractivity contribution in [3.05, 3.63) is 29.3 Å². The highest BCUT2D eigenvalue weighted by atomic mass is 16.2. The number of rotatable bonds is 7. The predicted molar refractivity (Wildman–Crippen MR) is 107 cm³/mol. The zero-order valence-electron chi connectivity index (χ0n) is 16.8. The Bertz CT molecular complexity index is 613. The van der Waals surface area contributed by atoms with Gasteiger partial charge in [-0.05, 0) is 75.6 Å². The maximum atomic E-state index is 12.7. The van der Waals surface area contributed by atoms with Crippen molar-refractivity contribution in [1.29, 1.82) is 0 Å². The van der Waals surface area contributed by atoms with Crippen molar-refractivity contribution in [3.63, 3.8) is 0 Å². The molecule has 0 aromatic heterocycles. The Balaban J connectivity index is 1.87. The highest BCUT2D eigenvalue weighted by Gasteiger charge is 2.31. The molecule has 144 valence electrons. The van der Waals surface area contributed by atoms with Gasteiger partial charge < -0.3 is 10.2 Å². The number of amides is 2. The minimum atomic E-state index is 0.0199. The largest absolute Gasteiger partial charge is 0.342 e. The van der Waals surface area contributed by atoms with Gasteiger partial charge in [0.15, 0.2) is 0 Å². The van der Waals surface area contributed by atoms with Gasteiger partial charge in [-0.1, -0.05) is 19.9 Å². The second kappa shape index (κ2) is 9.75. The number of carbonyl (C=O) groups is 2. The van der Waals surface area contributed by atoms with E-state index in [4.69, 9.17) is 0 Å². The summed E-state index contributed by atoms with van der Waals surface area (Å²) in [4.78, 5) is 27.3. The quantitative estimate of drug-likeness (QED) is 0.768. The summed E-state index contributed by atoms with van der Waals surface area (Å²) in [7, 11) is 0. The third kappa shape index (κ3) is 5.33. The maximum absolute atomic E-state index is 12.7. The molecular weight excluding hydrogens is 324 g/mol. The van der Waals surface area contributed by atoms with Crippen LogP contribution in [-0.2, 0) is 9.59 Å². The van der Waals surface area contributed by atoms with Crippen molar-refractivity contribution >= 4 is 17.5 Å². The standard InChI is InChI=1S/C22H34N2O2/c1-5-13-24(14-6-2)22(26)19-10-8-18(9-11-19)21(25)23-20-12-7-16(3)17(4)15-20/h7,12,15,18-19H,5-6,8-11,13-14H2,1-4H3,(H,23,25). The summed E-state index contributed by atoms with van der Waals surface area (Å²) < 4.78 is 0. The molecule has 0 unspecified atom stereocenters. The zero-order chi connectivity index (χ0) is 19.1. The van der Waals surface area contributed by atoms with Gasteiger partial charge in [0.1, 0.15) is 0 Å². The van der Waals surface area contributed by atoms with Gasteiger partial charge in [-0.15, -0.1) is 0 Å². The van der Waals surface area contributed by atoms with Crippen LogP contribution >= 0.6 is 0 Å². The molecule has 26 heavy (non-hydrogen) atoms. The third-order valence-electron chi connectivity index (χ3n) is 5.52. The monoisotopic (exact) mass is 358 g/mol. The van der Waals surface area contributed by atoms with Crippen LogP contribution in [0.3, 0.4) is 0 Å². The van der Waals surface area contributed by atoms with Crippen molar-refractivity contribution in [1.82, 2.24) is 4.90 Å². The van der Waals surface area contributed by atoms with Gasteiger partial charge in [0, 0.05) is 30.6 Å². The molecule has 1 fully saturated rings. The topological polar surface area (TPSA) is 49.4 Å². The predicted octanol–water partition coefficient (Wildman–Crippen LogP) is 4.70. The summed E-state index contributed by atoms with van der Waals surface area (Å²) in [6.07, 6.45) is 5.26. The molecule has 2 rings (SSSR count). The van der Waals surface area contributed by atoms with Gasteiger partial charge in [0.25, 0.3) is 0 Å². The van der Waals surface area contributed by atoms with Crippen LogP contribution in [0, 0.1) is 25.7 Å². The van der Waals surface area contributed by atoms with E-state index >= 15 is 0 Å². The first-order valence-corrected chi connectivity index (χ1v) is 10.1. The Morgan fingerprint density at radius 2 is 1.54 bits per heavy atom. The fourth-order valence-corrected chi connectivity index (χ4v) is 3.80. The fraction of sp³-hybridized carbons (Fsp3) is 0.636. The molecule has 4 heteroatoms. The molecule has 2 amide bonds. The number of nitrogens with zero attached hydrogens (tertiary/aromatic N) is 1. The molecule has 0 radical (unpaired) electrons. The van der Waals surface area contributed by atoms with Crippen molar-refractivity contribution in [2.24, 2.45) is 11.8 Å². The molecule has 0 atom stereocenters. The van der Waals surface area contributed by atoms with Crippen LogP contribution in [0.15, 0.2) is 18.2 Å². The molecule has 0 aliphatic heterocycles. The van der Waals surface area contributed by atoms with Crippen LogP contribution in [0.5, 0.6) is 0 Å². The first-order valence-electron chi connectivity index (χ1n) is 10.1. The van der Waals surface area contributed by atoms with Crippen LogP contribution in [0.1, 0.15) is 63.5 Å². The first kappa shape index (κ1) is 20.5. The van der Waals surface area contributed by atoms with Gasteiger partial charge in [0.05, 0.1) is 0 Å². The van der Waals surface area contributed by atoms with Crippen molar-refractivity contribution in [2.45, 2.75) is 66.2 Å². The second-order valence-electron chi connectivity index (χ2n) is 7.66. The smallest absolute Gasteiger partial charge is 0.227 e. The number of hydrogen-bond acceptors (Lipinski definition) is 2. The highest BCUT2D eigenvalue weighted by Crippen LogP contribution is 2.31. The van der Waals surface area contributed by atoms with E-state index in [1.54, 1.807) is 0 Å². The number of carbonyl (C=O) groups excluding carboxylic acids is 2. The molecule has 1 saturated carbocycles. The van der Waals surface area contributed by atoms with Gasteiger partial charge in [0.2, 0.25) is 11.8 Å². The number of anilines is 1. The molecule has 0 spiro atoms. The minimum Gasteiger partial charge on any atom is -0.342 e. The van der Waals surface area contributed by atoms with Gasteiger partial charge in [-0.3, -0.25) is 9.59 Å². The summed E-state index contributed by atoms with van der Waals surface area (Å²) in [5.41, 5.74) is 3.28. The molecule has 0 heterocycles. The molecule has 1 aliphatic rings. The Labute approximate surface area is 158 Å². The van der Waals surface area contributed by atoms with Gasteiger partial charge in [-0.2, -0.15) is 0 Å². The molecule has 1 aromatic carbocycles. The average molecular weight is 359 g/mol. The Kier molecular flexibility index (Phi) is 7.67. The normalized spacial score (nSPS) is 19.8. The maximum Gasteiger partial charge on any atom is 0.227 e. The molecule has 0 saturated heterocycles. The number of hydrogen-bond donors (Lipinski definition) is 1. The first-order chi connectivity index (χ1) is 12.5. The van der Waals surface area contributed by atoms with Crippen molar-refractivity contribution < 1.29 is 9.59 Å². The Morgan fingerprint density at radius 1 is 0.962 bits per heavy atom. The fourth-order valence-electron chi connectivity index (χ4n) is 3.80. The van der Waals surface area contributed by atoms with Crippen LogP contribution in [0.25, 0.3) is 0 Å². The number of aryl methyl sites for hydroxylation is 2. The number of benzene rings is 1. The molecule has 1 aromatic rings. The van der Waals surface area contributed by atoms with E-state index in [-0.39, 0.29) is 17.7 Å². The van der Waals surface area contributed by atoms with E-state index < -0.39 is 0 Å². The lowest BCUT2D eigenvalue weighted by atomic mass is 9.80. The third-order valence-corrected chi connectivity index (χ3v) is 5.52. The van der Waals surface area contributed by atoms with Crippen LogP contribution in [0.2, 0.25) is 0 Å². The molecule has 1 aliphatic carbocycles. The summed E-state index contributed by atoms with van der Waals surface area (Å²) >= 11 is 0. The van der Waals surface area contributed by atoms with Crippen LogP contribution in [0.4, 0.5) is 5.69 Å². The van der Waals surface area contributed by atoms with Crippen molar-refractivity contribution in [3.8, 4) is 0 Å². The van der Waals surface area contributed by atoms with Gasteiger partial charge in [-0.25, -0.2) is 0 Å². The van der Waals surface area contributed by atoms with E-state index in [0.717, 1.165) is 57.3 Å². The average Bonchev–Trinajstić information content (AvgIpc) is 2.64. The van der Waals surface area contributed by atoms with E-state index in [0.29, 0.717) is 5.91 Å². The molecule has 1 N–H and O–H groups in total. The molecular formula is C22H34N2O2. The van der Waals surface area contributed by atoms with E-state index in [1.165, 1.54) is 11.1 Å². The SMILES string of the molecule is CCCN(CCC)C(=O)C1CCC(C(=O)Nc2ccc(C)c(C)c2)CC1. The van der Waals surface area contributed by atoms with Crippen molar-refractivity contribution in [2.75, 3.05) is 18.4 Å². The second-order valence-corrected chi connectivity index (χ2v) is 7.66. The summed E-state index contributed by atoms with van der Waals surface area (Å²) in [5.74, 6) is 0.505. The lowest BCUT2D eigenvalue weighted by Gasteiger charge is -2.31. The molecule has 4 nitrogen and oxygen atoms in total. The summed E-state index contributed by atoms with van der Waals surface area (Å²) in [6, 6.07) is 6.02. The number of nitrogens with one attached hydrogen (secondary N) is 1. The van der Waals surface area contributed by atoms with Crippen LogP contribution in [-0.4, -0.2) is 29.8 Å². The Morgan fingerprint density at radius 3 is 2.08 bits per heavy atom. The zero-order valence-corrected chi connectivity index (χ0v) is 16.8. The highest BCUT2D eigenvalue weighted by molar-refractivity contribution is 5.93. The van der Waals surface area contributed by atoms with Gasteiger partial charge >= 0.3 is 0 Å². The van der Waals surface area contributed by atoms with E-state index in [1.807, 2.05) is 23.1 Å². The van der Waals surface area contributed by atoms with E-state index in [2.05, 4.69) is 33.0 Å². The summed E-state index contributed by atoms with van der Waals surface area (Å²) in [6.45, 7) is 10.0. The lowest BCUT2D eigenvalue weighted by Crippen LogP contribution is -2.39. The lowest BCUT2D eigenvalue weighted by molar-refractivity contribution is -0.138. The summed E-state index contributed by atoms with van der Waals surface area (Å²) in [5, 5.41) is 3.05. The minimum absolute atomic E-state index is 0.0199. The van der Waals surface area contributed by atoms with Crippen LogP contribution < -0.4 is 5.32 Å². The molecule has 0 bridgehead atoms. The van der Waals surface area contributed by atoms with E-state index in [9.17, 15) is 9.59 Å². The Hall–Kier alpha value is -1.84.